The van der Waals surface area contributed by atoms with E-state index in [1.165, 1.54) is 18.2 Å². The van der Waals surface area contributed by atoms with Crippen LogP contribution in [0.2, 0.25) is 5.02 Å². The average molecular weight is 359 g/mol. The number of hydrogen-bond acceptors (Lipinski definition) is 4. The number of fused-ring (bicyclic) bond motifs is 1. The Morgan fingerprint density at radius 1 is 1.28 bits per heavy atom. The van der Waals surface area contributed by atoms with E-state index in [-0.39, 0.29) is 23.0 Å². The zero-order chi connectivity index (χ0) is 18.1. The van der Waals surface area contributed by atoms with E-state index in [0.29, 0.717) is 5.69 Å². The van der Waals surface area contributed by atoms with Gasteiger partial charge in [0.15, 0.2) is 0 Å². The Morgan fingerprint density at radius 3 is 2.72 bits per heavy atom. The lowest BCUT2D eigenvalue weighted by molar-refractivity contribution is -0.384. The maximum absolute atomic E-state index is 12.3. The lowest BCUT2D eigenvalue weighted by atomic mass is 10.0. The first-order chi connectivity index (χ1) is 11.8. The van der Waals surface area contributed by atoms with Gasteiger partial charge in [-0.1, -0.05) is 17.7 Å². The molecule has 0 atom stereocenters. The van der Waals surface area contributed by atoms with Crippen molar-refractivity contribution in [3.8, 4) is 0 Å². The summed E-state index contributed by atoms with van der Waals surface area (Å²) < 4.78 is 5.55. The third-order valence-corrected chi connectivity index (χ3v) is 4.19. The molecule has 0 radical (unpaired) electrons. The third-order valence-electron chi connectivity index (χ3n) is 3.88. The molecule has 0 fully saturated rings. The quantitative estimate of drug-likeness (QED) is 0.536. The number of halogens is 1. The van der Waals surface area contributed by atoms with Crippen LogP contribution in [0.5, 0.6) is 0 Å². The molecule has 7 heteroatoms. The first-order valence-corrected chi connectivity index (χ1v) is 7.94. The molecule has 6 nitrogen and oxygen atoms in total. The minimum Gasteiger partial charge on any atom is -0.464 e. The number of nitro benzene ring substituents is 1. The summed E-state index contributed by atoms with van der Waals surface area (Å²) >= 11 is 6.00. The van der Waals surface area contributed by atoms with Gasteiger partial charge in [-0.25, -0.2) is 0 Å². The molecule has 0 aliphatic carbocycles. The number of non-ortho nitro benzene ring substituents is 1. The van der Waals surface area contributed by atoms with E-state index < -0.39 is 4.92 Å². The number of benzene rings is 2. The lowest BCUT2D eigenvalue weighted by Crippen LogP contribution is -2.14. The number of carbonyl (C=O) groups is 1. The molecule has 0 saturated heterocycles. The molecule has 0 spiro atoms. The van der Waals surface area contributed by atoms with Gasteiger partial charge in [0.05, 0.1) is 28.3 Å². The number of aryl methyl sites for hydroxylation is 2. The fourth-order valence-corrected chi connectivity index (χ4v) is 3.07. The lowest BCUT2D eigenvalue weighted by Gasteiger charge is -2.07. The van der Waals surface area contributed by atoms with Gasteiger partial charge < -0.3 is 9.73 Å². The van der Waals surface area contributed by atoms with Gasteiger partial charge in [0.25, 0.3) is 5.69 Å². The van der Waals surface area contributed by atoms with Crippen LogP contribution in [0.15, 0.2) is 41.0 Å². The Hall–Kier alpha value is -2.86. The van der Waals surface area contributed by atoms with E-state index in [4.69, 9.17) is 16.0 Å². The number of nitrogens with zero attached hydrogens (tertiary/aromatic N) is 1. The summed E-state index contributed by atoms with van der Waals surface area (Å²) in [5.41, 5.74) is 3.86. The molecule has 128 valence electrons. The second kappa shape index (κ2) is 6.57. The van der Waals surface area contributed by atoms with Gasteiger partial charge in [0.2, 0.25) is 5.91 Å². The number of furan rings is 1. The number of anilines is 1. The summed E-state index contributed by atoms with van der Waals surface area (Å²) in [7, 11) is 0. The Labute approximate surface area is 148 Å². The largest absolute Gasteiger partial charge is 0.464 e. The maximum atomic E-state index is 12.3. The van der Waals surface area contributed by atoms with Crippen molar-refractivity contribution in [2.75, 3.05) is 5.32 Å². The zero-order valence-electron chi connectivity index (χ0n) is 13.6. The molecule has 3 rings (SSSR count). The zero-order valence-corrected chi connectivity index (χ0v) is 14.4. The topological polar surface area (TPSA) is 85.4 Å². The molecule has 2 aromatic carbocycles. The van der Waals surface area contributed by atoms with Gasteiger partial charge in [-0.15, -0.1) is 0 Å². The van der Waals surface area contributed by atoms with E-state index in [1.807, 2.05) is 26.0 Å². The molecule has 1 aromatic heterocycles. The van der Waals surface area contributed by atoms with E-state index >= 15 is 0 Å². The highest BCUT2D eigenvalue weighted by molar-refractivity contribution is 6.34. The summed E-state index contributed by atoms with van der Waals surface area (Å²) in [4.78, 5) is 22.5. The highest BCUT2D eigenvalue weighted by Crippen LogP contribution is 2.29. The molecule has 0 bridgehead atoms. The molecule has 1 N–H and O–H groups in total. The van der Waals surface area contributed by atoms with Crippen molar-refractivity contribution in [2.45, 2.75) is 20.3 Å². The van der Waals surface area contributed by atoms with Crippen molar-refractivity contribution in [1.29, 1.82) is 0 Å². The Bertz CT molecular complexity index is 994. The maximum Gasteiger partial charge on any atom is 0.271 e. The Morgan fingerprint density at radius 2 is 2.04 bits per heavy atom. The van der Waals surface area contributed by atoms with E-state index in [9.17, 15) is 14.9 Å². The fourth-order valence-electron chi connectivity index (χ4n) is 2.84. The minimum absolute atomic E-state index is 0.115. The van der Waals surface area contributed by atoms with Crippen LogP contribution in [0.25, 0.3) is 11.0 Å². The molecular weight excluding hydrogens is 344 g/mol. The predicted octanol–water partition coefficient (Wildman–Crippen LogP) is 4.79. The molecule has 25 heavy (non-hydrogen) atoms. The van der Waals surface area contributed by atoms with Gasteiger partial charge in [0, 0.05) is 23.1 Å². The van der Waals surface area contributed by atoms with Crippen LogP contribution in [-0.2, 0) is 11.2 Å². The van der Waals surface area contributed by atoms with Crippen molar-refractivity contribution >= 4 is 39.9 Å². The first-order valence-electron chi connectivity index (χ1n) is 7.56. The van der Waals surface area contributed by atoms with Crippen molar-refractivity contribution in [1.82, 2.24) is 0 Å². The van der Waals surface area contributed by atoms with E-state index in [2.05, 4.69) is 5.32 Å². The summed E-state index contributed by atoms with van der Waals surface area (Å²) in [5, 5.41) is 14.4. The van der Waals surface area contributed by atoms with Gasteiger partial charge in [0.1, 0.15) is 5.58 Å². The molecule has 0 saturated carbocycles. The summed E-state index contributed by atoms with van der Waals surface area (Å²) in [5.74, 6) is -0.279. The number of rotatable bonds is 4. The average Bonchev–Trinajstić information content (AvgIpc) is 2.91. The number of amides is 1. The van der Waals surface area contributed by atoms with Gasteiger partial charge in [-0.05, 0) is 37.1 Å². The van der Waals surface area contributed by atoms with Crippen molar-refractivity contribution < 1.29 is 14.1 Å². The minimum atomic E-state index is -0.542. The van der Waals surface area contributed by atoms with Crippen LogP contribution < -0.4 is 5.32 Å². The van der Waals surface area contributed by atoms with E-state index in [0.717, 1.165) is 27.7 Å². The van der Waals surface area contributed by atoms with Crippen LogP contribution >= 0.6 is 11.6 Å². The third kappa shape index (κ3) is 3.49. The molecule has 3 aromatic rings. The Kier molecular flexibility index (Phi) is 4.46. The Balaban J connectivity index is 1.81. The number of carbonyl (C=O) groups excluding carboxylic acids is 1. The van der Waals surface area contributed by atoms with Gasteiger partial charge in [-0.2, -0.15) is 0 Å². The second-order valence-electron chi connectivity index (χ2n) is 5.86. The van der Waals surface area contributed by atoms with Crippen LogP contribution in [0.3, 0.4) is 0 Å². The highest BCUT2D eigenvalue weighted by atomic mass is 35.5. The fraction of sp³-hybridized carbons (Fsp3) is 0.167. The van der Waals surface area contributed by atoms with E-state index in [1.54, 1.807) is 6.26 Å². The summed E-state index contributed by atoms with van der Waals surface area (Å²) in [6.45, 7) is 3.96. The molecule has 1 heterocycles. The normalized spacial score (nSPS) is 10.8. The molecule has 0 unspecified atom stereocenters. The molecule has 0 aliphatic heterocycles. The SMILES string of the molecule is Cc1cc(C)c2c(CC(=O)Nc3ccc([N+](=O)[O-])cc3Cl)coc2c1. The summed E-state index contributed by atoms with van der Waals surface area (Å²) in [6, 6.07) is 7.88. The van der Waals surface area contributed by atoms with Crippen molar-refractivity contribution in [3.05, 3.63) is 68.4 Å². The van der Waals surface area contributed by atoms with Gasteiger partial charge >= 0.3 is 0 Å². The second-order valence-corrected chi connectivity index (χ2v) is 6.27. The monoisotopic (exact) mass is 358 g/mol. The first kappa shape index (κ1) is 17.0. The van der Waals surface area contributed by atoms with Crippen LogP contribution in [-0.4, -0.2) is 10.8 Å². The number of nitrogens with one attached hydrogen (secondary N) is 1. The summed E-state index contributed by atoms with van der Waals surface area (Å²) in [6.07, 6.45) is 1.69. The molecule has 1 amide bonds. The molecular formula is C18H15ClN2O4. The smallest absolute Gasteiger partial charge is 0.271 e. The predicted molar refractivity (Wildman–Crippen MR) is 96.1 cm³/mol. The standard InChI is InChI=1S/C18H15ClN2O4/c1-10-5-11(2)18-12(9-25-16(18)6-10)7-17(22)20-15-4-3-13(21(23)24)8-14(15)19/h3-6,8-9H,7H2,1-2H3,(H,20,22). The van der Waals surface area contributed by atoms with Crippen LogP contribution in [0, 0.1) is 24.0 Å². The van der Waals surface area contributed by atoms with Gasteiger partial charge in [-0.3, -0.25) is 14.9 Å². The van der Waals surface area contributed by atoms with Crippen molar-refractivity contribution in [2.24, 2.45) is 0 Å². The van der Waals surface area contributed by atoms with Crippen LogP contribution in [0.4, 0.5) is 11.4 Å². The van der Waals surface area contributed by atoms with Crippen LogP contribution in [0.1, 0.15) is 16.7 Å². The highest BCUT2D eigenvalue weighted by Gasteiger charge is 2.15. The van der Waals surface area contributed by atoms with Crippen molar-refractivity contribution in [3.63, 3.8) is 0 Å². The number of hydrogen-bond donors (Lipinski definition) is 1. The number of nitro groups is 1. The molecule has 0 aliphatic rings.